The van der Waals surface area contributed by atoms with Gasteiger partial charge in [-0.05, 0) is 42.7 Å². The van der Waals surface area contributed by atoms with Crippen molar-refractivity contribution in [3.63, 3.8) is 0 Å². The van der Waals surface area contributed by atoms with Gasteiger partial charge in [-0.15, -0.1) is 0 Å². The van der Waals surface area contributed by atoms with Gasteiger partial charge in [-0.25, -0.2) is 4.98 Å². The standard InChI is InChI=1S/C23H22N2O4/c1-4-14-15-8-13(26)6-7-19(15)24-21-16(14)10-25-20(21)9-18-17(22(25)27)11-29-12(3)23(18,28)5-2/h6-9,26,28H,3-5,10-11H2,1-2H3/i1-1. The second kappa shape index (κ2) is 5.94. The molecule has 1 unspecified atom stereocenters. The van der Waals surface area contributed by atoms with Gasteiger partial charge in [-0.3, -0.25) is 4.79 Å². The highest BCUT2D eigenvalue weighted by atomic mass is 16.5. The summed E-state index contributed by atoms with van der Waals surface area (Å²) in [7, 11) is 0. The molecule has 0 aliphatic carbocycles. The van der Waals surface area contributed by atoms with Gasteiger partial charge in [0, 0.05) is 16.5 Å². The fraction of sp³-hybridized carbons (Fsp3) is 0.304. The first-order valence-electron chi connectivity index (χ1n) is 9.85. The number of phenolic OH excluding ortho intramolecular Hbond substituents is 1. The molecule has 2 aliphatic rings. The fourth-order valence-corrected chi connectivity index (χ4v) is 4.67. The molecule has 0 saturated heterocycles. The van der Waals surface area contributed by atoms with Crippen LogP contribution in [0.3, 0.4) is 0 Å². The number of hydrogen-bond donors (Lipinski definition) is 2. The maximum Gasteiger partial charge on any atom is 0.258 e. The van der Waals surface area contributed by atoms with E-state index in [1.54, 1.807) is 22.8 Å². The van der Waals surface area contributed by atoms with Gasteiger partial charge in [0.1, 0.15) is 23.7 Å². The Morgan fingerprint density at radius 1 is 1.28 bits per heavy atom. The van der Waals surface area contributed by atoms with Gasteiger partial charge in [-0.1, -0.05) is 20.4 Å². The number of pyridine rings is 2. The number of aromatic nitrogens is 2. The number of nitrogens with zero attached hydrogens (tertiary/aromatic N) is 2. The lowest BCUT2D eigenvalue weighted by molar-refractivity contribution is -0.0172. The third-order valence-electron chi connectivity index (χ3n) is 6.31. The minimum absolute atomic E-state index is 0.107. The summed E-state index contributed by atoms with van der Waals surface area (Å²) in [6.45, 7) is 8.29. The molecule has 3 aromatic rings. The Morgan fingerprint density at radius 2 is 2.07 bits per heavy atom. The van der Waals surface area contributed by atoms with E-state index in [1.807, 2.05) is 13.0 Å². The van der Waals surface area contributed by atoms with Gasteiger partial charge in [0.25, 0.3) is 5.56 Å². The lowest BCUT2D eigenvalue weighted by atomic mass is 9.84. The van der Waals surface area contributed by atoms with Crippen LogP contribution < -0.4 is 5.56 Å². The van der Waals surface area contributed by atoms with Gasteiger partial charge >= 0.3 is 0 Å². The zero-order valence-corrected chi connectivity index (χ0v) is 16.5. The lowest BCUT2D eigenvalue weighted by Gasteiger charge is -2.35. The Hall–Kier alpha value is -3.12. The molecule has 0 amide bonds. The SMILES string of the molecule is C=C1OCc2c(cc3n(c2=O)Cc2c-3nc3ccc(O)cc3c2C[11CH3])C1(O)CC. The third-order valence-corrected chi connectivity index (χ3v) is 6.31. The molecule has 5 rings (SSSR count). The van der Waals surface area contributed by atoms with E-state index in [4.69, 9.17) is 9.72 Å². The fourth-order valence-electron chi connectivity index (χ4n) is 4.67. The Bertz CT molecular complexity index is 1270. The average molecular weight is 389 g/mol. The predicted octanol–water partition coefficient (Wildman–Crippen LogP) is 3.33. The minimum Gasteiger partial charge on any atom is -0.508 e. The van der Waals surface area contributed by atoms with Gasteiger partial charge < -0.3 is 19.5 Å². The molecule has 4 heterocycles. The van der Waals surface area contributed by atoms with Crippen LogP contribution in [0.15, 0.2) is 41.4 Å². The summed E-state index contributed by atoms with van der Waals surface area (Å²) in [5, 5.41) is 22.0. The summed E-state index contributed by atoms with van der Waals surface area (Å²) in [6, 6.07) is 7.01. The van der Waals surface area contributed by atoms with E-state index in [0.717, 1.165) is 34.1 Å². The Labute approximate surface area is 167 Å². The monoisotopic (exact) mass is 389 g/mol. The topological polar surface area (TPSA) is 84.6 Å². The molecule has 2 N–H and O–H groups in total. The highest BCUT2D eigenvalue weighted by Crippen LogP contribution is 2.42. The summed E-state index contributed by atoms with van der Waals surface area (Å²) in [6.07, 6.45) is 1.12. The first kappa shape index (κ1) is 17.9. The largest absolute Gasteiger partial charge is 0.508 e. The van der Waals surface area contributed by atoms with E-state index in [-0.39, 0.29) is 23.7 Å². The molecule has 0 radical (unpaired) electrons. The molecule has 29 heavy (non-hydrogen) atoms. The molecule has 0 bridgehead atoms. The van der Waals surface area contributed by atoms with E-state index < -0.39 is 5.60 Å². The summed E-state index contributed by atoms with van der Waals surface area (Å²) in [4.78, 5) is 18.1. The normalized spacial score (nSPS) is 19.6. The summed E-state index contributed by atoms with van der Waals surface area (Å²) in [5.74, 6) is 0.465. The van der Waals surface area contributed by atoms with Crippen molar-refractivity contribution in [1.29, 1.82) is 0 Å². The van der Waals surface area contributed by atoms with E-state index in [2.05, 4.69) is 13.5 Å². The highest BCUT2D eigenvalue weighted by Gasteiger charge is 2.41. The molecule has 6 nitrogen and oxygen atoms in total. The Morgan fingerprint density at radius 3 is 2.79 bits per heavy atom. The van der Waals surface area contributed by atoms with Crippen LogP contribution in [0.4, 0.5) is 0 Å². The summed E-state index contributed by atoms with van der Waals surface area (Å²) >= 11 is 0. The van der Waals surface area contributed by atoms with Crippen LogP contribution in [0.25, 0.3) is 22.3 Å². The van der Waals surface area contributed by atoms with E-state index in [9.17, 15) is 15.0 Å². The van der Waals surface area contributed by atoms with Crippen molar-refractivity contribution in [3.05, 3.63) is 69.2 Å². The molecule has 0 spiro atoms. The number of aromatic hydroxyl groups is 1. The molecule has 0 fully saturated rings. The highest BCUT2D eigenvalue weighted by molar-refractivity contribution is 5.89. The number of aryl methyl sites for hydroxylation is 1. The van der Waals surface area contributed by atoms with Crippen molar-refractivity contribution >= 4 is 10.9 Å². The molecule has 1 aromatic carbocycles. The van der Waals surface area contributed by atoms with Crippen LogP contribution in [-0.2, 0) is 29.9 Å². The van der Waals surface area contributed by atoms with Gasteiger partial charge in [-0.2, -0.15) is 0 Å². The predicted molar refractivity (Wildman–Crippen MR) is 110 cm³/mol. The molecule has 0 saturated carbocycles. The van der Waals surface area contributed by atoms with Crippen molar-refractivity contribution in [3.8, 4) is 17.1 Å². The number of phenols is 1. The van der Waals surface area contributed by atoms with Crippen LogP contribution in [0, 0.1) is 0 Å². The van der Waals surface area contributed by atoms with Crippen molar-refractivity contribution in [2.45, 2.75) is 45.4 Å². The van der Waals surface area contributed by atoms with Gasteiger partial charge in [0.05, 0.1) is 29.0 Å². The molecule has 2 aromatic heterocycles. The first-order valence-corrected chi connectivity index (χ1v) is 9.85. The second-order valence-corrected chi connectivity index (χ2v) is 7.71. The van der Waals surface area contributed by atoms with Crippen molar-refractivity contribution in [2.75, 3.05) is 0 Å². The molecule has 148 valence electrons. The second-order valence-electron chi connectivity index (χ2n) is 7.71. The average Bonchev–Trinajstić information content (AvgIpc) is 3.08. The van der Waals surface area contributed by atoms with Gasteiger partial charge in [0.2, 0.25) is 0 Å². The maximum atomic E-state index is 13.3. The molecule has 2 aliphatic heterocycles. The third kappa shape index (κ3) is 2.26. The smallest absolute Gasteiger partial charge is 0.258 e. The Kier molecular flexibility index (Phi) is 3.67. The first-order chi connectivity index (χ1) is 13.9. The maximum absolute atomic E-state index is 13.3. The van der Waals surface area contributed by atoms with Gasteiger partial charge in [0.15, 0.2) is 0 Å². The van der Waals surface area contributed by atoms with Crippen molar-refractivity contribution < 1.29 is 14.9 Å². The van der Waals surface area contributed by atoms with Crippen LogP contribution in [-0.4, -0.2) is 19.8 Å². The molecular formula is C23H22N2O4. The molecular weight excluding hydrogens is 367 g/mol. The van der Waals surface area contributed by atoms with Crippen LogP contribution in [0.5, 0.6) is 5.75 Å². The number of ether oxygens (including phenoxy) is 1. The number of benzene rings is 1. The summed E-state index contributed by atoms with van der Waals surface area (Å²) in [5.41, 5.74) is 3.79. The number of aliphatic hydroxyl groups is 1. The zero-order chi connectivity index (χ0) is 20.5. The lowest BCUT2D eigenvalue weighted by Crippen LogP contribution is -2.38. The van der Waals surface area contributed by atoms with Crippen LogP contribution in [0.2, 0.25) is 0 Å². The summed E-state index contributed by atoms with van der Waals surface area (Å²) < 4.78 is 7.26. The number of hydrogen-bond acceptors (Lipinski definition) is 5. The Balaban J connectivity index is 1.84. The van der Waals surface area contributed by atoms with Crippen molar-refractivity contribution in [1.82, 2.24) is 9.55 Å². The minimum atomic E-state index is -1.39. The zero-order valence-electron chi connectivity index (χ0n) is 16.5. The number of fused-ring (bicyclic) bond motifs is 5. The van der Waals surface area contributed by atoms with E-state index >= 15 is 0 Å². The van der Waals surface area contributed by atoms with E-state index in [1.165, 1.54) is 0 Å². The molecule has 1 atom stereocenters. The van der Waals surface area contributed by atoms with Crippen molar-refractivity contribution in [2.24, 2.45) is 0 Å². The quantitative estimate of drug-likeness (QED) is 0.549. The van der Waals surface area contributed by atoms with E-state index in [0.29, 0.717) is 29.8 Å². The number of rotatable bonds is 2. The van der Waals surface area contributed by atoms with Crippen LogP contribution in [0.1, 0.15) is 42.5 Å². The van der Waals surface area contributed by atoms with Crippen LogP contribution >= 0.6 is 0 Å². The molecule has 6 heteroatoms.